The van der Waals surface area contributed by atoms with Crippen LogP contribution in [0.2, 0.25) is 0 Å². The molecule has 0 aliphatic carbocycles. The van der Waals surface area contributed by atoms with Crippen molar-refractivity contribution in [2.45, 2.75) is 18.9 Å². The fraction of sp³-hybridized carbons (Fsp3) is 0.167. The van der Waals surface area contributed by atoms with Crippen LogP contribution in [0.25, 0.3) is 10.9 Å². The smallest absolute Gasteiger partial charge is 0.248 e. The molecule has 2 atom stereocenters. The molecular weight excluding hydrogens is 364 g/mol. The van der Waals surface area contributed by atoms with Crippen LogP contribution >= 0.6 is 0 Å². The van der Waals surface area contributed by atoms with Gasteiger partial charge in [-0.15, -0.1) is 0 Å². The van der Waals surface area contributed by atoms with Gasteiger partial charge >= 0.3 is 0 Å². The zero-order chi connectivity index (χ0) is 20.4. The molecule has 4 aromatic rings. The number of ether oxygens (including phenoxy) is 1. The van der Waals surface area contributed by atoms with Crippen molar-refractivity contribution in [1.82, 2.24) is 4.98 Å². The average molecular weight is 386 g/mol. The van der Waals surface area contributed by atoms with E-state index in [9.17, 15) is 10.1 Å². The van der Waals surface area contributed by atoms with Crippen molar-refractivity contribution >= 4 is 10.9 Å². The second-order valence-electron chi connectivity index (χ2n) is 7.10. The number of aryl methyl sites for hydroxylation is 1. The van der Waals surface area contributed by atoms with Crippen molar-refractivity contribution in [3.8, 4) is 5.75 Å². The molecule has 0 saturated carbocycles. The molecule has 0 spiro atoms. The van der Waals surface area contributed by atoms with E-state index in [0.29, 0.717) is 11.3 Å². The van der Waals surface area contributed by atoms with Crippen molar-refractivity contribution in [1.29, 1.82) is 0 Å². The average Bonchev–Trinajstić information content (AvgIpc) is 3.08. The Morgan fingerprint density at radius 2 is 1.55 bits per heavy atom. The van der Waals surface area contributed by atoms with Gasteiger partial charge in [-0.3, -0.25) is 10.1 Å². The lowest BCUT2D eigenvalue weighted by Crippen LogP contribution is -2.21. The number of methoxy groups -OCH3 is 1. The van der Waals surface area contributed by atoms with E-state index in [2.05, 4.69) is 4.98 Å². The Bertz CT molecular complexity index is 1130. The van der Waals surface area contributed by atoms with Gasteiger partial charge in [-0.05, 0) is 48.4 Å². The van der Waals surface area contributed by atoms with E-state index in [1.807, 2.05) is 61.5 Å². The van der Waals surface area contributed by atoms with E-state index in [1.165, 1.54) is 0 Å². The Kier molecular flexibility index (Phi) is 5.04. The Morgan fingerprint density at radius 3 is 2.21 bits per heavy atom. The summed E-state index contributed by atoms with van der Waals surface area (Å²) in [6.07, 6.45) is 0. The highest BCUT2D eigenvalue weighted by atomic mass is 16.6. The minimum atomic E-state index is -0.929. The first kappa shape index (κ1) is 18.7. The summed E-state index contributed by atoms with van der Waals surface area (Å²) >= 11 is 0. The first-order valence-electron chi connectivity index (χ1n) is 9.49. The third-order valence-corrected chi connectivity index (χ3v) is 5.41. The Morgan fingerprint density at radius 1 is 0.897 bits per heavy atom. The predicted octanol–water partition coefficient (Wildman–Crippen LogP) is 5.63. The van der Waals surface area contributed by atoms with Gasteiger partial charge in [0.25, 0.3) is 0 Å². The summed E-state index contributed by atoms with van der Waals surface area (Å²) in [5, 5.41) is 13.4. The van der Waals surface area contributed by atoms with Crippen LogP contribution in [-0.2, 0) is 0 Å². The number of hydrogen-bond donors (Lipinski definition) is 1. The SMILES string of the molecule is COc1ccc(C([C@@H](c2ccccc2)c2c(C)[nH]c3ccccc23)[N+](=O)[O-])cc1. The van der Waals surface area contributed by atoms with Gasteiger partial charge < -0.3 is 9.72 Å². The van der Waals surface area contributed by atoms with Crippen molar-refractivity contribution < 1.29 is 9.66 Å². The van der Waals surface area contributed by atoms with E-state index in [4.69, 9.17) is 4.74 Å². The van der Waals surface area contributed by atoms with Crippen LogP contribution in [0.5, 0.6) is 5.75 Å². The van der Waals surface area contributed by atoms with Crippen molar-refractivity contribution in [2.24, 2.45) is 0 Å². The number of H-pyrrole nitrogens is 1. The lowest BCUT2D eigenvalue weighted by molar-refractivity contribution is -0.531. The van der Waals surface area contributed by atoms with E-state index in [1.54, 1.807) is 31.4 Å². The van der Waals surface area contributed by atoms with Crippen LogP contribution in [0.3, 0.4) is 0 Å². The zero-order valence-corrected chi connectivity index (χ0v) is 16.3. The molecule has 5 nitrogen and oxygen atoms in total. The Labute approximate surface area is 169 Å². The molecule has 0 saturated heterocycles. The van der Waals surface area contributed by atoms with Gasteiger partial charge in [-0.1, -0.05) is 48.5 Å². The second-order valence-corrected chi connectivity index (χ2v) is 7.10. The molecule has 1 N–H and O–H groups in total. The van der Waals surface area contributed by atoms with Crippen LogP contribution in [-0.4, -0.2) is 17.0 Å². The molecule has 1 unspecified atom stereocenters. The lowest BCUT2D eigenvalue weighted by Gasteiger charge is -2.23. The molecule has 0 fully saturated rings. The zero-order valence-electron chi connectivity index (χ0n) is 16.3. The molecule has 0 bridgehead atoms. The van der Waals surface area contributed by atoms with E-state index >= 15 is 0 Å². The molecule has 1 aromatic heterocycles. The van der Waals surface area contributed by atoms with Crippen LogP contribution in [0.1, 0.15) is 34.3 Å². The number of hydrogen-bond acceptors (Lipinski definition) is 3. The van der Waals surface area contributed by atoms with Crippen molar-refractivity contribution in [3.63, 3.8) is 0 Å². The number of fused-ring (bicyclic) bond motifs is 1. The third-order valence-electron chi connectivity index (χ3n) is 5.41. The Hall–Kier alpha value is -3.60. The maximum atomic E-state index is 12.4. The molecule has 0 radical (unpaired) electrons. The van der Waals surface area contributed by atoms with Crippen LogP contribution < -0.4 is 4.74 Å². The van der Waals surface area contributed by atoms with Gasteiger partial charge in [0, 0.05) is 27.1 Å². The number of benzene rings is 3. The maximum Gasteiger partial charge on any atom is 0.248 e. The molecule has 146 valence electrons. The second kappa shape index (κ2) is 7.80. The molecule has 1 heterocycles. The molecule has 29 heavy (non-hydrogen) atoms. The van der Waals surface area contributed by atoms with Crippen LogP contribution in [0.15, 0.2) is 78.9 Å². The minimum absolute atomic E-state index is 0.180. The summed E-state index contributed by atoms with van der Waals surface area (Å²) in [5.41, 5.74) is 4.45. The number of nitro groups is 1. The van der Waals surface area contributed by atoms with Crippen molar-refractivity contribution in [2.75, 3.05) is 7.11 Å². The van der Waals surface area contributed by atoms with E-state index < -0.39 is 12.0 Å². The van der Waals surface area contributed by atoms with Gasteiger partial charge in [0.05, 0.1) is 13.0 Å². The Balaban J connectivity index is 1.96. The number of nitrogens with zero attached hydrogens (tertiary/aromatic N) is 1. The summed E-state index contributed by atoms with van der Waals surface area (Å²) in [4.78, 5) is 15.6. The molecule has 4 rings (SSSR count). The topological polar surface area (TPSA) is 68.2 Å². The highest BCUT2D eigenvalue weighted by Gasteiger charge is 2.38. The van der Waals surface area contributed by atoms with Gasteiger partial charge in [0.2, 0.25) is 6.04 Å². The molecule has 0 aliphatic rings. The highest BCUT2D eigenvalue weighted by Crippen LogP contribution is 2.43. The fourth-order valence-electron chi connectivity index (χ4n) is 4.10. The van der Waals surface area contributed by atoms with Gasteiger partial charge in [-0.2, -0.15) is 0 Å². The minimum Gasteiger partial charge on any atom is -0.497 e. The van der Waals surface area contributed by atoms with E-state index in [-0.39, 0.29) is 4.92 Å². The number of para-hydroxylation sites is 1. The molecule has 5 heteroatoms. The first-order valence-corrected chi connectivity index (χ1v) is 9.49. The summed E-state index contributed by atoms with van der Waals surface area (Å²) in [5.74, 6) is 0.242. The summed E-state index contributed by atoms with van der Waals surface area (Å²) in [6, 6.07) is 23.9. The summed E-state index contributed by atoms with van der Waals surface area (Å²) in [6.45, 7) is 1.98. The number of nitrogens with one attached hydrogen (secondary N) is 1. The predicted molar refractivity (Wildman–Crippen MR) is 114 cm³/mol. The lowest BCUT2D eigenvalue weighted by atomic mass is 9.81. The normalized spacial score (nSPS) is 13.2. The third kappa shape index (κ3) is 3.47. The van der Waals surface area contributed by atoms with Gasteiger partial charge in [0.15, 0.2) is 0 Å². The maximum absolute atomic E-state index is 12.4. The number of aromatic amines is 1. The fourth-order valence-corrected chi connectivity index (χ4v) is 4.10. The van der Waals surface area contributed by atoms with Gasteiger partial charge in [0.1, 0.15) is 5.75 Å². The summed E-state index contributed by atoms with van der Waals surface area (Å²) in [7, 11) is 1.59. The molecule has 0 amide bonds. The molecule has 0 aliphatic heterocycles. The van der Waals surface area contributed by atoms with Crippen molar-refractivity contribution in [3.05, 3.63) is 111 Å². The highest BCUT2D eigenvalue weighted by molar-refractivity contribution is 5.85. The van der Waals surface area contributed by atoms with Crippen LogP contribution in [0, 0.1) is 17.0 Å². The largest absolute Gasteiger partial charge is 0.497 e. The van der Waals surface area contributed by atoms with Crippen LogP contribution in [0.4, 0.5) is 0 Å². The number of rotatable bonds is 6. The molecular formula is C24H22N2O3. The van der Waals surface area contributed by atoms with Gasteiger partial charge in [-0.25, -0.2) is 0 Å². The summed E-state index contributed by atoms with van der Waals surface area (Å²) < 4.78 is 5.23. The molecule has 3 aromatic carbocycles. The van der Waals surface area contributed by atoms with E-state index in [0.717, 1.165) is 27.7 Å². The monoisotopic (exact) mass is 386 g/mol. The standard InChI is InChI=1S/C24H22N2O3/c1-16-22(20-10-6-7-11-21(20)25-16)23(17-8-4-3-5-9-17)24(26(27)28)18-12-14-19(29-2)15-13-18/h3-15,23-25H,1-2H3/t23-,24?/m0/s1. The number of aromatic nitrogens is 1. The first-order chi connectivity index (χ1) is 14.1. The quantitative estimate of drug-likeness (QED) is 0.345.